The van der Waals surface area contributed by atoms with Crippen LogP contribution in [0.2, 0.25) is 0 Å². The first-order valence-corrected chi connectivity index (χ1v) is 8.26. The smallest absolute Gasteiger partial charge is 0.233 e. The van der Waals surface area contributed by atoms with Crippen LogP contribution in [0.4, 0.5) is 0 Å². The molecule has 22 heavy (non-hydrogen) atoms. The van der Waals surface area contributed by atoms with Gasteiger partial charge in [-0.3, -0.25) is 4.79 Å². The summed E-state index contributed by atoms with van der Waals surface area (Å²) in [6.45, 7) is 2.88. The molecule has 1 N–H and O–H groups in total. The molecule has 3 rings (SSSR count). The van der Waals surface area contributed by atoms with Gasteiger partial charge in [-0.05, 0) is 50.8 Å². The number of halogens is 1. The van der Waals surface area contributed by atoms with Gasteiger partial charge in [-0.15, -0.1) is 12.4 Å². The average Bonchev–Trinajstić information content (AvgIpc) is 2.48. The fraction of sp³-hybridized carbons (Fsp3) is 0.611. The van der Waals surface area contributed by atoms with Gasteiger partial charge in [0.15, 0.2) is 0 Å². The Hall–Kier alpha value is -1.06. The lowest BCUT2D eigenvalue weighted by Gasteiger charge is -2.46. The normalized spacial score (nSPS) is 23.3. The van der Waals surface area contributed by atoms with Crippen molar-refractivity contribution in [2.24, 2.45) is 5.92 Å². The predicted molar refractivity (Wildman–Crippen MR) is 92.4 cm³/mol. The van der Waals surface area contributed by atoms with Crippen LogP contribution < -0.4 is 5.32 Å². The number of amides is 1. The lowest BCUT2D eigenvalue weighted by atomic mass is 9.63. The van der Waals surface area contributed by atoms with Crippen LogP contribution in [0.15, 0.2) is 30.3 Å². The zero-order chi connectivity index (χ0) is 14.7. The standard InChI is InChI=1S/C18H26N2O.ClH/c1-19-13-15-7-5-12-20(14-15)17(21)18(10-6-11-18)16-8-3-2-4-9-16;/h2-4,8-9,15,19H,5-7,10-14H2,1H3;1H. The van der Waals surface area contributed by atoms with Crippen molar-refractivity contribution in [1.29, 1.82) is 0 Å². The number of nitrogens with one attached hydrogen (secondary N) is 1. The molecule has 0 spiro atoms. The molecule has 122 valence electrons. The summed E-state index contributed by atoms with van der Waals surface area (Å²) in [5.41, 5.74) is 1.000. The third-order valence-corrected chi connectivity index (χ3v) is 5.24. The lowest BCUT2D eigenvalue weighted by molar-refractivity contribution is -0.142. The van der Waals surface area contributed by atoms with E-state index < -0.39 is 0 Å². The zero-order valence-electron chi connectivity index (χ0n) is 13.4. The van der Waals surface area contributed by atoms with E-state index in [0.717, 1.165) is 38.9 Å². The largest absolute Gasteiger partial charge is 0.342 e. The van der Waals surface area contributed by atoms with Crippen molar-refractivity contribution in [1.82, 2.24) is 10.2 Å². The number of likely N-dealkylation sites (tertiary alicyclic amines) is 1. The maximum Gasteiger partial charge on any atom is 0.233 e. The van der Waals surface area contributed by atoms with Gasteiger partial charge in [0.2, 0.25) is 5.91 Å². The van der Waals surface area contributed by atoms with Crippen molar-refractivity contribution < 1.29 is 4.79 Å². The summed E-state index contributed by atoms with van der Waals surface area (Å²) in [6, 6.07) is 10.4. The third-order valence-electron chi connectivity index (χ3n) is 5.24. The summed E-state index contributed by atoms with van der Waals surface area (Å²) in [7, 11) is 2.00. The zero-order valence-corrected chi connectivity index (χ0v) is 14.2. The summed E-state index contributed by atoms with van der Waals surface area (Å²) >= 11 is 0. The van der Waals surface area contributed by atoms with E-state index in [1.54, 1.807) is 0 Å². The second-order valence-electron chi connectivity index (χ2n) is 6.62. The second-order valence-corrected chi connectivity index (χ2v) is 6.62. The topological polar surface area (TPSA) is 32.3 Å². The fourth-order valence-electron chi connectivity index (χ4n) is 3.92. The molecule has 1 saturated carbocycles. The van der Waals surface area contributed by atoms with Crippen LogP contribution in [-0.2, 0) is 10.2 Å². The summed E-state index contributed by atoms with van der Waals surface area (Å²) in [6.07, 6.45) is 5.59. The van der Waals surface area contributed by atoms with Crippen LogP contribution >= 0.6 is 12.4 Å². The first kappa shape index (κ1) is 17.3. The van der Waals surface area contributed by atoms with Crippen LogP contribution in [0.25, 0.3) is 0 Å². The first-order chi connectivity index (χ1) is 10.3. The maximum atomic E-state index is 13.2. The third kappa shape index (κ3) is 3.16. The molecule has 1 aromatic carbocycles. The van der Waals surface area contributed by atoms with Crippen LogP contribution in [0.5, 0.6) is 0 Å². The molecule has 2 aliphatic rings. The molecule has 1 aliphatic carbocycles. The molecule has 1 unspecified atom stereocenters. The van der Waals surface area contributed by atoms with Crippen molar-refractivity contribution in [2.45, 2.75) is 37.5 Å². The van der Waals surface area contributed by atoms with Gasteiger partial charge in [0.1, 0.15) is 0 Å². The van der Waals surface area contributed by atoms with E-state index in [-0.39, 0.29) is 17.8 Å². The molecule has 1 heterocycles. The highest BCUT2D eigenvalue weighted by Gasteiger charge is 2.48. The summed E-state index contributed by atoms with van der Waals surface area (Å²) in [4.78, 5) is 15.3. The first-order valence-electron chi connectivity index (χ1n) is 8.26. The van der Waals surface area contributed by atoms with Crippen molar-refractivity contribution in [2.75, 3.05) is 26.7 Å². The molecular formula is C18H27ClN2O. The monoisotopic (exact) mass is 322 g/mol. The van der Waals surface area contributed by atoms with Crippen molar-refractivity contribution in [3.05, 3.63) is 35.9 Å². The minimum atomic E-state index is -0.219. The molecular weight excluding hydrogens is 296 g/mol. The van der Waals surface area contributed by atoms with Crippen molar-refractivity contribution >= 4 is 18.3 Å². The molecule has 4 heteroatoms. The summed E-state index contributed by atoms with van der Waals surface area (Å²) in [5, 5.41) is 3.26. The molecule has 2 fully saturated rings. The Bertz CT molecular complexity index is 485. The van der Waals surface area contributed by atoms with E-state index in [0.29, 0.717) is 11.8 Å². The minimum absolute atomic E-state index is 0. The van der Waals surface area contributed by atoms with Gasteiger partial charge in [-0.1, -0.05) is 36.8 Å². The number of piperidine rings is 1. The molecule has 1 saturated heterocycles. The van der Waals surface area contributed by atoms with E-state index in [4.69, 9.17) is 0 Å². The Kier molecular flexibility index (Phi) is 5.87. The average molecular weight is 323 g/mol. The van der Waals surface area contributed by atoms with E-state index in [1.165, 1.54) is 18.4 Å². The highest BCUT2D eigenvalue weighted by atomic mass is 35.5. The Morgan fingerprint density at radius 3 is 2.59 bits per heavy atom. The molecule has 1 amide bonds. The number of benzene rings is 1. The van der Waals surface area contributed by atoms with Crippen molar-refractivity contribution in [3.63, 3.8) is 0 Å². The Labute approximate surface area is 139 Å². The molecule has 1 aliphatic heterocycles. The number of carbonyl (C=O) groups excluding carboxylic acids is 1. The fourth-order valence-corrected chi connectivity index (χ4v) is 3.92. The van der Waals surface area contributed by atoms with Gasteiger partial charge < -0.3 is 10.2 Å². The van der Waals surface area contributed by atoms with E-state index in [9.17, 15) is 4.79 Å². The van der Waals surface area contributed by atoms with Gasteiger partial charge in [0, 0.05) is 13.1 Å². The number of hydrogen-bond donors (Lipinski definition) is 1. The number of rotatable bonds is 4. The molecule has 1 aromatic rings. The Balaban J connectivity index is 0.00000176. The molecule has 1 atom stereocenters. The van der Waals surface area contributed by atoms with E-state index in [1.807, 2.05) is 13.1 Å². The predicted octanol–water partition coefficient (Wildman–Crippen LogP) is 2.99. The lowest BCUT2D eigenvalue weighted by Crippen LogP contribution is -2.54. The highest BCUT2D eigenvalue weighted by Crippen LogP contribution is 2.45. The minimum Gasteiger partial charge on any atom is -0.342 e. The summed E-state index contributed by atoms with van der Waals surface area (Å²) < 4.78 is 0. The number of carbonyl (C=O) groups is 1. The number of hydrogen-bond acceptors (Lipinski definition) is 2. The second kappa shape index (κ2) is 7.47. The highest BCUT2D eigenvalue weighted by molar-refractivity contribution is 5.89. The molecule has 3 nitrogen and oxygen atoms in total. The molecule has 0 bridgehead atoms. The summed E-state index contributed by atoms with van der Waals surface area (Å²) in [5.74, 6) is 0.987. The quantitative estimate of drug-likeness (QED) is 0.924. The van der Waals surface area contributed by atoms with Crippen LogP contribution in [0, 0.1) is 5.92 Å². The SMILES string of the molecule is CNCC1CCCN(C(=O)C2(c3ccccc3)CCC2)C1.Cl. The van der Waals surface area contributed by atoms with Gasteiger partial charge in [-0.25, -0.2) is 0 Å². The van der Waals surface area contributed by atoms with Gasteiger partial charge in [-0.2, -0.15) is 0 Å². The Morgan fingerprint density at radius 2 is 2.00 bits per heavy atom. The Morgan fingerprint density at radius 1 is 1.27 bits per heavy atom. The van der Waals surface area contributed by atoms with Crippen molar-refractivity contribution in [3.8, 4) is 0 Å². The van der Waals surface area contributed by atoms with Crippen LogP contribution in [-0.4, -0.2) is 37.5 Å². The number of nitrogens with zero attached hydrogens (tertiary/aromatic N) is 1. The van der Waals surface area contributed by atoms with E-state index in [2.05, 4.69) is 34.5 Å². The van der Waals surface area contributed by atoms with Crippen LogP contribution in [0.1, 0.15) is 37.7 Å². The van der Waals surface area contributed by atoms with Gasteiger partial charge in [0.25, 0.3) is 0 Å². The molecule has 0 aromatic heterocycles. The van der Waals surface area contributed by atoms with Gasteiger partial charge >= 0.3 is 0 Å². The maximum absolute atomic E-state index is 13.2. The van der Waals surface area contributed by atoms with Gasteiger partial charge in [0.05, 0.1) is 5.41 Å². The van der Waals surface area contributed by atoms with E-state index >= 15 is 0 Å². The van der Waals surface area contributed by atoms with Crippen LogP contribution in [0.3, 0.4) is 0 Å². The molecule has 0 radical (unpaired) electrons.